The highest BCUT2D eigenvalue weighted by Gasteiger charge is 2.13. The molecule has 7 heteroatoms. The van der Waals surface area contributed by atoms with E-state index >= 15 is 0 Å². The van der Waals surface area contributed by atoms with Gasteiger partial charge < -0.3 is 20.3 Å². The molecule has 0 heterocycles. The number of ether oxygens (including phenoxy) is 1. The summed E-state index contributed by atoms with van der Waals surface area (Å²) in [4.78, 5) is 22.4. The second-order valence-corrected chi connectivity index (χ2v) is 6.04. The normalized spacial score (nSPS) is 11.6. The van der Waals surface area contributed by atoms with E-state index in [-0.39, 0.29) is 25.3 Å². The van der Waals surface area contributed by atoms with Gasteiger partial charge in [-0.3, -0.25) is 9.59 Å². The summed E-state index contributed by atoms with van der Waals surface area (Å²) in [6.45, 7) is 0.606. The fraction of sp³-hybridized carbons (Fsp3) is 0.300. The Labute approximate surface area is 156 Å². The molecule has 0 bridgehead atoms. The van der Waals surface area contributed by atoms with Crippen LogP contribution in [0.4, 0.5) is 4.39 Å². The van der Waals surface area contributed by atoms with Crippen molar-refractivity contribution in [2.24, 2.45) is 0 Å². The number of aliphatic hydroxyl groups excluding tert-OH is 1. The number of benzene rings is 2. The van der Waals surface area contributed by atoms with Crippen LogP contribution < -0.4 is 10.1 Å². The predicted molar refractivity (Wildman–Crippen MR) is 96.6 cm³/mol. The number of carbonyl (C=O) groups excluding carboxylic acids is 1. The summed E-state index contributed by atoms with van der Waals surface area (Å²) in [6.07, 6.45) is -0.733. The minimum atomic E-state index is -1.07. The van der Waals surface area contributed by atoms with E-state index in [0.29, 0.717) is 24.3 Å². The molecule has 0 fully saturated rings. The van der Waals surface area contributed by atoms with E-state index in [1.54, 1.807) is 30.3 Å². The lowest BCUT2D eigenvalue weighted by atomic mass is 10.1. The Morgan fingerprint density at radius 1 is 1.15 bits per heavy atom. The topological polar surface area (TPSA) is 95.9 Å². The Morgan fingerprint density at radius 3 is 2.56 bits per heavy atom. The lowest BCUT2D eigenvalue weighted by Gasteiger charge is -2.12. The second kappa shape index (κ2) is 10.3. The van der Waals surface area contributed by atoms with Crippen LogP contribution in [-0.2, 0) is 16.1 Å². The third-order valence-electron chi connectivity index (χ3n) is 3.83. The number of rotatable bonds is 10. The minimum absolute atomic E-state index is 0.0611. The van der Waals surface area contributed by atoms with Gasteiger partial charge >= 0.3 is 5.97 Å². The van der Waals surface area contributed by atoms with E-state index in [4.69, 9.17) is 9.84 Å². The number of aliphatic hydroxyl groups is 1. The molecule has 0 aliphatic heterocycles. The van der Waals surface area contributed by atoms with Crippen LogP contribution in [0.15, 0.2) is 48.5 Å². The lowest BCUT2D eigenvalue weighted by Crippen LogP contribution is -2.24. The van der Waals surface area contributed by atoms with Crippen LogP contribution in [0, 0.1) is 5.82 Å². The van der Waals surface area contributed by atoms with Crippen molar-refractivity contribution in [3.63, 3.8) is 0 Å². The Morgan fingerprint density at radius 2 is 1.89 bits per heavy atom. The van der Waals surface area contributed by atoms with Crippen molar-refractivity contribution >= 4 is 11.9 Å². The largest absolute Gasteiger partial charge is 0.494 e. The number of hydrogen-bond acceptors (Lipinski definition) is 4. The highest BCUT2D eigenvalue weighted by molar-refractivity contribution is 5.76. The zero-order valence-corrected chi connectivity index (χ0v) is 14.7. The summed E-state index contributed by atoms with van der Waals surface area (Å²) in [5, 5.41) is 21.3. The van der Waals surface area contributed by atoms with Crippen molar-refractivity contribution in [3.8, 4) is 5.75 Å². The van der Waals surface area contributed by atoms with Crippen molar-refractivity contribution in [3.05, 3.63) is 65.5 Å². The molecule has 1 unspecified atom stereocenters. The van der Waals surface area contributed by atoms with Gasteiger partial charge in [0.2, 0.25) is 5.91 Å². The first-order valence-electron chi connectivity index (χ1n) is 8.58. The van der Waals surface area contributed by atoms with E-state index in [0.717, 1.165) is 5.56 Å². The Balaban J connectivity index is 1.73. The van der Waals surface area contributed by atoms with Gasteiger partial charge in [0.05, 0.1) is 19.1 Å². The van der Waals surface area contributed by atoms with Crippen LogP contribution in [0.25, 0.3) is 0 Å². The van der Waals surface area contributed by atoms with Crippen LogP contribution in [0.5, 0.6) is 5.75 Å². The smallest absolute Gasteiger partial charge is 0.303 e. The molecule has 0 aliphatic carbocycles. The average molecular weight is 375 g/mol. The van der Waals surface area contributed by atoms with Gasteiger partial charge in [-0.15, -0.1) is 0 Å². The highest BCUT2D eigenvalue weighted by atomic mass is 19.1. The first-order valence-corrected chi connectivity index (χ1v) is 8.58. The lowest BCUT2D eigenvalue weighted by molar-refractivity contribution is -0.137. The van der Waals surface area contributed by atoms with Crippen molar-refractivity contribution in [1.82, 2.24) is 5.32 Å². The molecule has 2 rings (SSSR count). The monoisotopic (exact) mass is 375 g/mol. The molecule has 27 heavy (non-hydrogen) atoms. The number of carboxylic acid groups (broad SMARTS) is 1. The molecule has 0 saturated heterocycles. The summed E-state index contributed by atoms with van der Waals surface area (Å²) in [7, 11) is 0. The van der Waals surface area contributed by atoms with Gasteiger partial charge in [0.15, 0.2) is 0 Å². The molecule has 3 N–H and O–H groups in total. The van der Waals surface area contributed by atoms with Crippen LogP contribution in [-0.4, -0.2) is 28.7 Å². The molecule has 6 nitrogen and oxygen atoms in total. The SMILES string of the molecule is O=C(O)CCCOc1ccc(CNC(=O)CC(O)c2cccc(F)c2)cc1. The molecular weight excluding hydrogens is 353 g/mol. The van der Waals surface area contributed by atoms with Gasteiger partial charge in [0, 0.05) is 13.0 Å². The van der Waals surface area contributed by atoms with Crippen molar-refractivity contribution in [1.29, 1.82) is 0 Å². The summed E-state index contributed by atoms with van der Waals surface area (Å²) < 4.78 is 18.6. The zero-order valence-electron chi connectivity index (χ0n) is 14.7. The quantitative estimate of drug-likeness (QED) is 0.555. The number of halogens is 1. The molecule has 0 aromatic heterocycles. The summed E-state index contributed by atoms with van der Waals surface area (Å²) in [6, 6.07) is 12.6. The van der Waals surface area contributed by atoms with E-state index in [9.17, 15) is 19.1 Å². The predicted octanol–water partition coefficient (Wildman–Crippen LogP) is 2.81. The van der Waals surface area contributed by atoms with Gasteiger partial charge in [-0.2, -0.15) is 0 Å². The molecule has 2 aromatic carbocycles. The molecule has 1 atom stereocenters. The Hall–Kier alpha value is -2.93. The fourth-order valence-corrected chi connectivity index (χ4v) is 2.40. The minimum Gasteiger partial charge on any atom is -0.494 e. The molecule has 144 valence electrons. The zero-order chi connectivity index (χ0) is 19.6. The first kappa shape index (κ1) is 20.4. The summed E-state index contributed by atoms with van der Waals surface area (Å²) >= 11 is 0. The summed E-state index contributed by atoms with van der Waals surface area (Å²) in [5.74, 6) is -1.04. The Bertz CT molecular complexity index is 763. The van der Waals surface area contributed by atoms with Crippen LogP contribution >= 0.6 is 0 Å². The standard InChI is InChI=1S/C20H22FNO5/c21-16-4-1-3-15(11-16)18(23)12-19(24)22-13-14-6-8-17(9-7-14)27-10-2-5-20(25)26/h1,3-4,6-9,11,18,23H,2,5,10,12-13H2,(H,22,24)(H,25,26). The van der Waals surface area contributed by atoms with Gasteiger partial charge in [-0.05, 0) is 41.8 Å². The number of carboxylic acids is 1. The maximum Gasteiger partial charge on any atom is 0.303 e. The third kappa shape index (κ3) is 7.45. The number of carbonyl (C=O) groups is 2. The van der Waals surface area contributed by atoms with Crippen molar-refractivity contribution < 1.29 is 28.9 Å². The van der Waals surface area contributed by atoms with Crippen molar-refractivity contribution in [2.45, 2.75) is 31.9 Å². The van der Waals surface area contributed by atoms with Crippen LogP contribution in [0.2, 0.25) is 0 Å². The van der Waals surface area contributed by atoms with Gasteiger partial charge in [-0.25, -0.2) is 4.39 Å². The molecule has 0 spiro atoms. The highest BCUT2D eigenvalue weighted by Crippen LogP contribution is 2.17. The second-order valence-electron chi connectivity index (χ2n) is 6.04. The molecule has 0 radical (unpaired) electrons. The first-order chi connectivity index (χ1) is 12.9. The molecule has 0 saturated carbocycles. The summed E-state index contributed by atoms with van der Waals surface area (Å²) in [5.41, 5.74) is 1.20. The number of amides is 1. The Kier molecular flexibility index (Phi) is 7.76. The van der Waals surface area contributed by atoms with Gasteiger partial charge in [-0.1, -0.05) is 24.3 Å². The van der Waals surface area contributed by atoms with E-state index in [1.165, 1.54) is 18.2 Å². The van der Waals surface area contributed by atoms with Gasteiger partial charge in [0.25, 0.3) is 0 Å². The third-order valence-corrected chi connectivity index (χ3v) is 3.83. The van der Waals surface area contributed by atoms with Crippen LogP contribution in [0.1, 0.15) is 36.5 Å². The maximum absolute atomic E-state index is 13.2. The van der Waals surface area contributed by atoms with Crippen molar-refractivity contribution in [2.75, 3.05) is 6.61 Å². The number of hydrogen-bond donors (Lipinski definition) is 3. The fourth-order valence-electron chi connectivity index (χ4n) is 2.40. The number of nitrogens with one attached hydrogen (secondary N) is 1. The van der Waals surface area contributed by atoms with E-state index in [2.05, 4.69) is 5.32 Å². The molecule has 2 aromatic rings. The molecular formula is C20H22FNO5. The maximum atomic E-state index is 13.2. The van der Waals surface area contributed by atoms with E-state index < -0.39 is 17.9 Å². The number of aliphatic carboxylic acids is 1. The van der Waals surface area contributed by atoms with E-state index in [1.807, 2.05) is 0 Å². The average Bonchev–Trinajstić information content (AvgIpc) is 2.64. The van der Waals surface area contributed by atoms with Crippen LogP contribution in [0.3, 0.4) is 0 Å². The van der Waals surface area contributed by atoms with Gasteiger partial charge in [0.1, 0.15) is 11.6 Å². The molecule has 0 aliphatic rings. The molecule has 1 amide bonds.